The van der Waals surface area contributed by atoms with E-state index in [9.17, 15) is 4.79 Å². The van der Waals surface area contributed by atoms with E-state index >= 15 is 0 Å². The van der Waals surface area contributed by atoms with Crippen molar-refractivity contribution in [2.24, 2.45) is 0 Å². The molecular weight excluding hydrogens is 278 g/mol. The number of nitrogens with zero attached hydrogens (tertiary/aromatic N) is 1. The first-order chi connectivity index (χ1) is 9.56. The lowest BCUT2D eigenvalue weighted by Gasteiger charge is -2.25. The van der Waals surface area contributed by atoms with Crippen molar-refractivity contribution in [3.63, 3.8) is 0 Å². The zero-order valence-corrected chi connectivity index (χ0v) is 13.0. The number of ether oxygens (including phenoxy) is 2. The van der Waals surface area contributed by atoms with Crippen molar-refractivity contribution < 1.29 is 14.3 Å². The maximum absolute atomic E-state index is 11.1. The normalized spacial score (nSPS) is 12.4. The fraction of sp³-hybridized carbons (Fsp3) is 0.533. The predicted octanol–water partition coefficient (Wildman–Crippen LogP) is 2.91. The van der Waals surface area contributed by atoms with Crippen LogP contribution in [0.3, 0.4) is 0 Å². The summed E-state index contributed by atoms with van der Waals surface area (Å²) in [6.45, 7) is 5.44. The minimum absolute atomic E-state index is 0.00214. The third-order valence-electron chi connectivity index (χ3n) is 3.13. The molecule has 1 atom stereocenters. The standard InChI is InChI=1S/C15H22ClNO3/c1-4-20-15(18)11-19-10-9-17(3)12(2)13-7-5-6-8-14(13)16/h5-8,12H,4,9-11H2,1-3H3. The number of hydrogen-bond acceptors (Lipinski definition) is 4. The van der Waals surface area contributed by atoms with Gasteiger partial charge in [0.1, 0.15) is 6.61 Å². The fourth-order valence-corrected chi connectivity index (χ4v) is 2.11. The van der Waals surface area contributed by atoms with Crippen LogP contribution in [-0.4, -0.2) is 44.3 Å². The van der Waals surface area contributed by atoms with E-state index in [1.807, 2.05) is 31.3 Å². The Morgan fingerprint density at radius 1 is 1.40 bits per heavy atom. The van der Waals surface area contributed by atoms with Crippen molar-refractivity contribution >= 4 is 17.6 Å². The van der Waals surface area contributed by atoms with Gasteiger partial charge in [0.2, 0.25) is 0 Å². The molecule has 0 aromatic heterocycles. The first kappa shape index (κ1) is 17.0. The van der Waals surface area contributed by atoms with Gasteiger partial charge in [-0.2, -0.15) is 0 Å². The molecule has 1 unspecified atom stereocenters. The number of esters is 1. The molecule has 1 aromatic rings. The summed E-state index contributed by atoms with van der Waals surface area (Å²) in [7, 11) is 2.00. The van der Waals surface area contributed by atoms with Crippen LogP contribution in [0.5, 0.6) is 0 Å². The molecule has 4 nitrogen and oxygen atoms in total. The lowest BCUT2D eigenvalue weighted by atomic mass is 10.1. The van der Waals surface area contributed by atoms with E-state index in [-0.39, 0.29) is 18.6 Å². The largest absolute Gasteiger partial charge is 0.464 e. The highest BCUT2D eigenvalue weighted by atomic mass is 35.5. The Kier molecular flexibility index (Phi) is 7.59. The van der Waals surface area contributed by atoms with Gasteiger partial charge in [0.25, 0.3) is 0 Å². The van der Waals surface area contributed by atoms with Crippen LogP contribution in [-0.2, 0) is 14.3 Å². The van der Waals surface area contributed by atoms with Gasteiger partial charge in [-0.15, -0.1) is 0 Å². The summed E-state index contributed by atoms with van der Waals surface area (Å²) < 4.78 is 10.1. The third kappa shape index (κ3) is 5.49. The highest BCUT2D eigenvalue weighted by molar-refractivity contribution is 6.31. The molecule has 0 fully saturated rings. The van der Waals surface area contributed by atoms with Gasteiger partial charge in [-0.05, 0) is 32.5 Å². The molecule has 0 radical (unpaired) electrons. The van der Waals surface area contributed by atoms with E-state index in [0.29, 0.717) is 19.8 Å². The molecule has 0 bridgehead atoms. The minimum atomic E-state index is -0.325. The van der Waals surface area contributed by atoms with Crippen LogP contribution < -0.4 is 0 Å². The predicted molar refractivity (Wildman–Crippen MR) is 79.9 cm³/mol. The minimum Gasteiger partial charge on any atom is -0.464 e. The fourth-order valence-electron chi connectivity index (χ4n) is 1.81. The van der Waals surface area contributed by atoms with Crippen LogP contribution >= 0.6 is 11.6 Å². The molecule has 0 saturated heterocycles. The highest BCUT2D eigenvalue weighted by Crippen LogP contribution is 2.25. The maximum Gasteiger partial charge on any atom is 0.332 e. The van der Waals surface area contributed by atoms with Crippen molar-refractivity contribution in [1.82, 2.24) is 4.90 Å². The van der Waals surface area contributed by atoms with Crippen molar-refractivity contribution in [2.75, 3.05) is 33.4 Å². The lowest BCUT2D eigenvalue weighted by Crippen LogP contribution is -2.27. The van der Waals surface area contributed by atoms with Gasteiger partial charge in [0.15, 0.2) is 0 Å². The van der Waals surface area contributed by atoms with Crippen LogP contribution in [0.4, 0.5) is 0 Å². The van der Waals surface area contributed by atoms with Crippen molar-refractivity contribution in [1.29, 1.82) is 0 Å². The van der Waals surface area contributed by atoms with Crippen molar-refractivity contribution in [3.8, 4) is 0 Å². The Hall–Kier alpha value is -1.10. The Balaban J connectivity index is 2.34. The molecule has 5 heteroatoms. The number of likely N-dealkylation sites (N-methyl/N-ethyl adjacent to an activating group) is 1. The van der Waals surface area contributed by atoms with E-state index in [4.69, 9.17) is 21.1 Å². The van der Waals surface area contributed by atoms with Crippen LogP contribution in [0.15, 0.2) is 24.3 Å². The summed E-state index contributed by atoms with van der Waals surface area (Å²) in [5.74, 6) is -0.325. The van der Waals surface area contributed by atoms with Crippen LogP contribution in [0.1, 0.15) is 25.5 Å². The summed E-state index contributed by atoms with van der Waals surface area (Å²) in [6.07, 6.45) is 0. The molecule has 0 aliphatic carbocycles. The van der Waals surface area contributed by atoms with E-state index < -0.39 is 0 Å². The first-order valence-corrected chi connectivity index (χ1v) is 7.12. The van der Waals surface area contributed by atoms with E-state index in [1.165, 1.54) is 0 Å². The Morgan fingerprint density at radius 2 is 2.10 bits per heavy atom. The van der Waals surface area contributed by atoms with Crippen LogP contribution in [0.25, 0.3) is 0 Å². The molecule has 0 saturated carbocycles. The molecule has 20 heavy (non-hydrogen) atoms. The summed E-state index contributed by atoms with van der Waals surface area (Å²) >= 11 is 6.18. The Labute approximate surface area is 125 Å². The molecule has 1 aromatic carbocycles. The van der Waals surface area contributed by atoms with Gasteiger partial charge in [0.05, 0.1) is 13.2 Å². The highest BCUT2D eigenvalue weighted by Gasteiger charge is 2.14. The molecular formula is C15H22ClNO3. The molecule has 0 heterocycles. The molecule has 0 amide bonds. The second kappa shape index (κ2) is 8.95. The molecule has 0 aliphatic heterocycles. The molecule has 112 valence electrons. The smallest absolute Gasteiger partial charge is 0.332 e. The van der Waals surface area contributed by atoms with E-state index in [2.05, 4.69) is 11.8 Å². The SMILES string of the molecule is CCOC(=O)COCCN(C)C(C)c1ccccc1Cl. The van der Waals surface area contributed by atoms with Gasteiger partial charge in [-0.1, -0.05) is 29.8 Å². The van der Waals surface area contributed by atoms with Gasteiger partial charge in [-0.3, -0.25) is 4.90 Å². The Morgan fingerprint density at radius 3 is 2.75 bits per heavy atom. The number of hydrogen-bond donors (Lipinski definition) is 0. The number of rotatable bonds is 8. The second-order valence-electron chi connectivity index (χ2n) is 4.54. The second-order valence-corrected chi connectivity index (χ2v) is 4.94. The van der Waals surface area contributed by atoms with Crippen LogP contribution in [0, 0.1) is 0 Å². The van der Waals surface area contributed by atoms with Crippen LogP contribution in [0.2, 0.25) is 5.02 Å². The summed E-state index contributed by atoms with van der Waals surface area (Å²) in [6, 6.07) is 7.99. The Bertz CT molecular complexity index is 425. The summed E-state index contributed by atoms with van der Waals surface area (Å²) in [5.41, 5.74) is 1.09. The lowest BCUT2D eigenvalue weighted by molar-refractivity contribution is -0.148. The number of carbonyl (C=O) groups is 1. The van der Waals surface area contributed by atoms with Crippen molar-refractivity contribution in [2.45, 2.75) is 19.9 Å². The van der Waals surface area contributed by atoms with Gasteiger partial charge in [0, 0.05) is 17.6 Å². The van der Waals surface area contributed by atoms with Crippen molar-refractivity contribution in [3.05, 3.63) is 34.9 Å². The van der Waals surface area contributed by atoms with Gasteiger partial charge < -0.3 is 9.47 Å². The van der Waals surface area contributed by atoms with Gasteiger partial charge in [-0.25, -0.2) is 4.79 Å². The zero-order chi connectivity index (χ0) is 15.0. The number of halogens is 1. The monoisotopic (exact) mass is 299 g/mol. The quantitative estimate of drug-likeness (QED) is 0.546. The average molecular weight is 300 g/mol. The van der Waals surface area contributed by atoms with E-state index in [0.717, 1.165) is 10.6 Å². The first-order valence-electron chi connectivity index (χ1n) is 6.74. The zero-order valence-electron chi connectivity index (χ0n) is 12.3. The molecule has 1 rings (SSSR count). The number of benzene rings is 1. The summed E-state index contributed by atoms with van der Waals surface area (Å²) in [5, 5.41) is 0.763. The molecule has 0 spiro atoms. The molecule has 0 N–H and O–H groups in total. The topological polar surface area (TPSA) is 38.8 Å². The molecule has 0 aliphatic rings. The van der Waals surface area contributed by atoms with Gasteiger partial charge >= 0.3 is 5.97 Å². The third-order valence-corrected chi connectivity index (χ3v) is 3.47. The maximum atomic E-state index is 11.1. The van der Waals surface area contributed by atoms with E-state index in [1.54, 1.807) is 6.92 Å². The number of carbonyl (C=O) groups excluding carboxylic acids is 1. The summed E-state index contributed by atoms with van der Waals surface area (Å²) in [4.78, 5) is 13.2. The average Bonchev–Trinajstić information content (AvgIpc) is 2.43.